The van der Waals surface area contributed by atoms with Crippen LogP contribution in [0.25, 0.3) is 11.1 Å². The van der Waals surface area contributed by atoms with E-state index in [0.29, 0.717) is 17.9 Å². The van der Waals surface area contributed by atoms with Crippen LogP contribution in [0.1, 0.15) is 82.7 Å². The summed E-state index contributed by atoms with van der Waals surface area (Å²) in [5, 5.41) is 0. The second-order valence-electron chi connectivity index (χ2n) is 8.46. The minimum atomic E-state index is -1.34. The molecule has 1 aliphatic carbocycles. The van der Waals surface area contributed by atoms with Crippen molar-refractivity contribution in [2.24, 2.45) is 11.8 Å². The molecule has 0 amide bonds. The van der Waals surface area contributed by atoms with Crippen molar-refractivity contribution >= 4 is 0 Å². The normalized spacial score (nSPS) is 20.9. The molecule has 1 aliphatic rings. The second-order valence-corrected chi connectivity index (χ2v) is 8.46. The van der Waals surface area contributed by atoms with Crippen LogP contribution in [-0.2, 0) is 6.42 Å². The summed E-state index contributed by atoms with van der Waals surface area (Å²) in [6.07, 6.45) is 11.8. The summed E-state index contributed by atoms with van der Waals surface area (Å²) >= 11 is 0. The van der Waals surface area contributed by atoms with Gasteiger partial charge in [0.05, 0.1) is 12.1 Å². The van der Waals surface area contributed by atoms with E-state index in [1.165, 1.54) is 57.4 Å². The fourth-order valence-corrected chi connectivity index (χ4v) is 4.43. The van der Waals surface area contributed by atoms with Crippen LogP contribution in [0.4, 0.5) is 8.78 Å². The van der Waals surface area contributed by atoms with Gasteiger partial charge in [-0.25, -0.2) is 4.39 Å². The number of benzene rings is 2. The van der Waals surface area contributed by atoms with Crippen LogP contribution in [0.15, 0.2) is 36.3 Å². The van der Waals surface area contributed by atoms with Crippen LogP contribution in [0.3, 0.4) is 0 Å². The third-order valence-corrected chi connectivity index (χ3v) is 6.28. The van der Waals surface area contributed by atoms with E-state index in [9.17, 15) is 8.78 Å². The molecule has 0 spiro atoms. The lowest BCUT2D eigenvalue weighted by molar-refractivity contribution is 0.249. The van der Waals surface area contributed by atoms with E-state index in [1.54, 1.807) is 13.0 Å². The Kier molecular flexibility index (Phi) is 6.79. The van der Waals surface area contributed by atoms with Crippen molar-refractivity contribution in [1.82, 2.24) is 0 Å². The van der Waals surface area contributed by atoms with Crippen LogP contribution in [0.2, 0.25) is 0 Å². The topological polar surface area (TPSA) is 9.23 Å². The number of hydrogen-bond acceptors (Lipinski definition) is 1. The molecule has 3 heteroatoms. The predicted octanol–water partition coefficient (Wildman–Crippen LogP) is 8.35. The number of unbranched alkanes of at least 4 members (excludes halogenated alkanes) is 2. The van der Waals surface area contributed by atoms with Gasteiger partial charge in [0.2, 0.25) is 5.82 Å². The first-order valence-electron chi connectivity index (χ1n) is 13.5. The molecule has 0 atom stereocenters. The molecule has 2 aromatic carbocycles. The lowest BCUT2D eigenvalue weighted by Crippen LogP contribution is -2.15. The van der Waals surface area contributed by atoms with Crippen LogP contribution in [0, 0.1) is 23.5 Å². The third-order valence-electron chi connectivity index (χ3n) is 6.28. The van der Waals surface area contributed by atoms with Gasteiger partial charge >= 0.3 is 0 Å². The molecule has 0 radical (unpaired) electrons. The smallest absolute Gasteiger partial charge is 0.201 e. The maximum absolute atomic E-state index is 14.8. The fraction of sp³-hybridized carbons (Fsp3) is 0.556. The molecule has 2 aromatic rings. The van der Waals surface area contributed by atoms with E-state index in [1.807, 2.05) is 0 Å². The Balaban J connectivity index is 1.72. The summed E-state index contributed by atoms with van der Waals surface area (Å²) in [7, 11) is 0. The van der Waals surface area contributed by atoms with Gasteiger partial charge in [-0.3, -0.25) is 0 Å². The summed E-state index contributed by atoms with van der Waals surface area (Å²) < 4.78 is 67.4. The molecule has 0 unspecified atom stereocenters. The molecular weight excluding hydrogens is 378 g/mol. The summed E-state index contributed by atoms with van der Waals surface area (Å²) in [4.78, 5) is 0. The minimum Gasteiger partial charge on any atom is -0.491 e. The van der Waals surface area contributed by atoms with Crippen molar-refractivity contribution in [3.05, 3.63) is 53.5 Å². The van der Waals surface area contributed by atoms with Crippen molar-refractivity contribution in [2.75, 3.05) is 6.61 Å². The molecule has 1 fully saturated rings. The molecule has 0 saturated heterocycles. The van der Waals surface area contributed by atoms with E-state index in [4.69, 9.17) is 10.2 Å². The van der Waals surface area contributed by atoms with Crippen LogP contribution in [-0.4, -0.2) is 6.61 Å². The lowest BCUT2D eigenvalue weighted by Gasteiger charge is -2.28. The molecule has 1 nitrogen and oxygen atoms in total. The Morgan fingerprint density at radius 2 is 1.63 bits per heavy atom. The molecule has 164 valence electrons. The largest absolute Gasteiger partial charge is 0.491 e. The lowest BCUT2D eigenvalue weighted by atomic mass is 9.78. The molecule has 3 rings (SSSR count). The zero-order valence-electron chi connectivity index (χ0n) is 22.3. The molecule has 0 N–H and O–H groups in total. The number of aryl methyl sites for hydroxylation is 1. The van der Waals surface area contributed by atoms with Crippen molar-refractivity contribution in [1.29, 1.82) is 0 Å². The quantitative estimate of drug-likeness (QED) is 0.352. The highest BCUT2D eigenvalue weighted by Gasteiger charge is 2.21. The van der Waals surface area contributed by atoms with Crippen molar-refractivity contribution in [2.45, 2.75) is 78.1 Å². The number of halogens is 2. The zero-order valence-corrected chi connectivity index (χ0v) is 18.3. The van der Waals surface area contributed by atoms with Gasteiger partial charge in [0.25, 0.3) is 0 Å². The molecule has 0 bridgehead atoms. The van der Waals surface area contributed by atoms with E-state index in [0.717, 1.165) is 12.3 Å². The Morgan fingerprint density at radius 3 is 2.33 bits per heavy atom. The summed E-state index contributed by atoms with van der Waals surface area (Å²) in [6.45, 7) is 3.86. The third kappa shape index (κ3) is 6.06. The highest BCUT2D eigenvalue weighted by molar-refractivity contribution is 5.65. The van der Waals surface area contributed by atoms with Crippen molar-refractivity contribution < 1.29 is 19.0 Å². The Bertz CT molecular complexity index is 958. The monoisotopic (exact) mass is 418 g/mol. The van der Waals surface area contributed by atoms with Crippen molar-refractivity contribution in [3.8, 4) is 16.9 Å². The molecule has 1 saturated carbocycles. The summed E-state index contributed by atoms with van der Waals surface area (Å²) in [6, 6.07) is 1.80. The number of hydrogen-bond donors (Lipinski definition) is 0. The summed E-state index contributed by atoms with van der Waals surface area (Å²) in [5.41, 5.74) is 0.208. The maximum Gasteiger partial charge on any atom is 0.201 e. The van der Waals surface area contributed by atoms with E-state index >= 15 is 0 Å². The zero-order chi connectivity index (χ0) is 24.8. The number of ether oxygens (including phenoxy) is 1. The molecule has 0 aromatic heterocycles. The highest BCUT2D eigenvalue weighted by atomic mass is 19.2. The standard InChI is InChI=1S/C27H36F2O/c1-3-5-6-7-20-8-10-21(11-9-20)12-13-22-14-16-23(17-15-22)24-18-19-25(30-4-2)27(29)26(24)28/h14-21H,3-13H2,1-2H3/i14D,16D,18D,19D. The Labute approximate surface area is 186 Å². The van der Waals surface area contributed by atoms with Gasteiger partial charge < -0.3 is 4.74 Å². The van der Waals surface area contributed by atoms with Gasteiger partial charge in [-0.05, 0) is 54.8 Å². The van der Waals surface area contributed by atoms with Crippen molar-refractivity contribution in [3.63, 3.8) is 0 Å². The summed E-state index contributed by atoms with van der Waals surface area (Å²) in [5.74, 6) is -1.78. The first-order chi connectivity index (χ1) is 16.3. The van der Waals surface area contributed by atoms with Gasteiger partial charge in [0.15, 0.2) is 11.6 Å². The van der Waals surface area contributed by atoms with Gasteiger partial charge in [-0.15, -0.1) is 0 Å². The van der Waals surface area contributed by atoms with Gasteiger partial charge in [0.1, 0.15) is 0 Å². The minimum absolute atomic E-state index is 0.0228. The molecule has 30 heavy (non-hydrogen) atoms. The highest BCUT2D eigenvalue weighted by Crippen LogP contribution is 2.35. The van der Waals surface area contributed by atoms with E-state index < -0.39 is 35.0 Å². The maximum atomic E-state index is 14.8. The molecule has 0 heterocycles. The van der Waals surface area contributed by atoms with Gasteiger partial charge in [-0.1, -0.05) is 82.5 Å². The molecule has 0 aliphatic heterocycles. The number of rotatable bonds is 10. The Morgan fingerprint density at radius 1 is 0.900 bits per heavy atom. The van der Waals surface area contributed by atoms with Gasteiger partial charge in [-0.2, -0.15) is 4.39 Å². The SMILES string of the molecule is [2H]c1c(CCC2CCC(CCCCC)CC2)ccc(-c2c([2H])c([2H])c(OCC)c(F)c2F)c1[2H]. The average molecular weight is 419 g/mol. The van der Waals surface area contributed by atoms with E-state index in [-0.39, 0.29) is 24.3 Å². The first-order valence-corrected chi connectivity index (χ1v) is 11.5. The Hall–Kier alpha value is -1.90. The average Bonchev–Trinajstić information content (AvgIpc) is 2.84. The second kappa shape index (κ2) is 11.5. The molecular formula is C27H36F2O. The van der Waals surface area contributed by atoms with E-state index in [2.05, 4.69) is 6.92 Å². The van der Waals surface area contributed by atoms with Crippen LogP contribution < -0.4 is 4.74 Å². The predicted molar refractivity (Wildman–Crippen MR) is 121 cm³/mol. The van der Waals surface area contributed by atoms with Crippen LogP contribution in [0.5, 0.6) is 5.75 Å². The first kappa shape index (κ1) is 17.7. The fourth-order valence-electron chi connectivity index (χ4n) is 4.43. The van der Waals surface area contributed by atoms with Gasteiger partial charge in [0, 0.05) is 5.56 Å². The van der Waals surface area contributed by atoms with Crippen LogP contribution >= 0.6 is 0 Å².